The fourth-order valence-electron chi connectivity index (χ4n) is 4.04. The summed E-state index contributed by atoms with van der Waals surface area (Å²) in [5.74, 6) is 1.40. The molecular weight excluding hydrogens is 330 g/mol. The fraction of sp³-hybridized carbons (Fsp3) is 0.526. The van der Waals surface area contributed by atoms with Crippen LogP contribution in [0.1, 0.15) is 37.2 Å². The van der Waals surface area contributed by atoms with E-state index < -0.39 is 0 Å². The smallest absolute Gasteiger partial charge is 0.243 e. The molecule has 0 aliphatic carbocycles. The minimum absolute atomic E-state index is 0.0969. The zero-order valence-corrected chi connectivity index (χ0v) is 14.9. The summed E-state index contributed by atoms with van der Waals surface area (Å²) in [4.78, 5) is 26.2. The molecule has 1 amide bonds. The van der Waals surface area contributed by atoms with Crippen LogP contribution < -0.4 is 10.2 Å². The van der Waals surface area contributed by atoms with Gasteiger partial charge in [-0.25, -0.2) is 9.97 Å². The number of H-pyrrole nitrogens is 1. The first-order chi connectivity index (χ1) is 12.8. The molecule has 7 nitrogen and oxygen atoms in total. The average molecular weight is 355 g/mol. The van der Waals surface area contributed by atoms with E-state index in [1.165, 1.54) is 11.6 Å². The second-order valence-electron chi connectivity index (χ2n) is 7.03. The van der Waals surface area contributed by atoms with Gasteiger partial charge in [-0.15, -0.1) is 0 Å². The van der Waals surface area contributed by atoms with Crippen molar-refractivity contribution in [2.45, 2.75) is 37.6 Å². The minimum Gasteiger partial charge on any atom is -0.381 e. The molecular formula is C19H25N5O2. The van der Waals surface area contributed by atoms with Gasteiger partial charge in [0.05, 0.1) is 5.39 Å². The van der Waals surface area contributed by atoms with Crippen molar-refractivity contribution >= 4 is 22.8 Å². The Bertz CT molecular complexity index is 788. The maximum Gasteiger partial charge on any atom is 0.243 e. The first-order valence-electron chi connectivity index (χ1n) is 9.34. The lowest BCUT2D eigenvalue weighted by Crippen LogP contribution is -2.44. The molecule has 4 rings (SSSR count). The zero-order chi connectivity index (χ0) is 17.9. The number of nitrogens with zero attached hydrogens (tertiary/aromatic N) is 3. The van der Waals surface area contributed by atoms with E-state index in [4.69, 9.17) is 4.74 Å². The number of carbonyl (C=O) groups excluding carboxylic acids is 1. The maximum absolute atomic E-state index is 11.5. The van der Waals surface area contributed by atoms with E-state index in [-0.39, 0.29) is 11.9 Å². The van der Waals surface area contributed by atoms with Crippen LogP contribution in [0.25, 0.3) is 11.0 Å². The fourth-order valence-corrected chi connectivity index (χ4v) is 4.04. The Kier molecular flexibility index (Phi) is 4.88. The molecule has 2 aromatic heterocycles. The van der Waals surface area contributed by atoms with Crippen LogP contribution in [0.3, 0.4) is 0 Å². The van der Waals surface area contributed by atoms with E-state index in [0.29, 0.717) is 5.92 Å². The van der Waals surface area contributed by atoms with Crippen molar-refractivity contribution in [1.29, 1.82) is 0 Å². The number of nitrogens with one attached hydrogen (secondary N) is 2. The molecule has 0 aromatic carbocycles. The lowest BCUT2D eigenvalue weighted by atomic mass is 9.91. The SMILES string of the molecule is C=CC(=O)NC1CCN(c2ncnc3[nH]cc(C4CCOCC4)c23)CC1. The number of aromatic nitrogens is 3. The van der Waals surface area contributed by atoms with E-state index in [0.717, 1.165) is 68.8 Å². The summed E-state index contributed by atoms with van der Waals surface area (Å²) in [6, 6.07) is 0.204. The number of fused-ring (bicyclic) bond motifs is 1. The lowest BCUT2D eigenvalue weighted by molar-refractivity contribution is -0.117. The van der Waals surface area contributed by atoms with E-state index in [2.05, 4.69) is 37.9 Å². The van der Waals surface area contributed by atoms with Crippen molar-refractivity contribution in [2.24, 2.45) is 0 Å². The third-order valence-corrected chi connectivity index (χ3v) is 5.47. The van der Waals surface area contributed by atoms with Crippen LogP contribution >= 0.6 is 0 Å². The van der Waals surface area contributed by atoms with Gasteiger partial charge < -0.3 is 19.9 Å². The molecule has 2 N–H and O–H groups in total. The van der Waals surface area contributed by atoms with Crippen LogP contribution in [0.5, 0.6) is 0 Å². The Morgan fingerprint density at radius 3 is 2.77 bits per heavy atom. The van der Waals surface area contributed by atoms with Crippen molar-refractivity contribution in [3.05, 3.63) is 30.7 Å². The second kappa shape index (κ2) is 7.45. The maximum atomic E-state index is 11.5. The van der Waals surface area contributed by atoms with E-state index in [9.17, 15) is 4.79 Å². The number of amides is 1. The van der Waals surface area contributed by atoms with E-state index in [1.807, 2.05) is 0 Å². The second-order valence-corrected chi connectivity index (χ2v) is 7.03. The van der Waals surface area contributed by atoms with Crippen LogP contribution in [-0.4, -0.2) is 53.2 Å². The van der Waals surface area contributed by atoms with Crippen molar-refractivity contribution in [1.82, 2.24) is 20.3 Å². The van der Waals surface area contributed by atoms with Gasteiger partial charge in [-0.05, 0) is 43.2 Å². The number of piperidine rings is 1. The third-order valence-electron chi connectivity index (χ3n) is 5.47. The Morgan fingerprint density at radius 1 is 1.27 bits per heavy atom. The van der Waals surface area contributed by atoms with Gasteiger partial charge in [0, 0.05) is 38.5 Å². The van der Waals surface area contributed by atoms with Gasteiger partial charge in [-0.3, -0.25) is 4.79 Å². The van der Waals surface area contributed by atoms with Gasteiger partial charge in [0.15, 0.2) is 0 Å². The molecule has 0 unspecified atom stereocenters. The number of carbonyl (C=O) groups is 1. The number of hydrogen-bond donors (Lipinski definition) is 2. The quantitative estimate of drug-likeness (QED) is 0.821. The highest BCUT2D eigenvalue weighted by Crippen LogP contribution is 2.36. The number of hydrogen-bond acceptors (Lipinski definition) is 5. The van der Waals surface area contributed by atoms with Gasteiger partial charge >= 0.3 is 0 Å². The predicted octanol–water partition coefficient (Wildman–Crippen LogP) is 2.12. The first-order valence-corrected chi connectivity index (χ1v) is 9.34. The number of rotatable bonds is 4. The normalized spacial score (nSPS) is 19.6. The highest BCUT2D eigenvalue weighted by atomic mass is 16.5. The summed E-state index contributed by atoms with van der Waals surface area (Å²) in [6.45, 7) is 6.88. The number of aromatic amines is 1. The molecule has 0 radical (unpaired) electrons. The number of anilines is 1. The largest absolute Gasteiger partial charge is 0.381 e. The van der Waals surface area contributed by atoms with Crippen molar-refractivity contribution in [3.63, 3.8) is 0 Å². The summed E-state index contributed by atoms with van der Waals surface area (Å²) in [5, 5.41) is 4.15. The molecule has 0 bridgehead atoms. The predicted molar refractivity (Wildman–Crippen MR) is 100 cm³/mol. The topological polar surface area (TPSA) is 83.1 Å². The van der Waals surface area contributed by atoms with Crippen LogP contribution in [0.4, 0.5) is 5.82 Å². The van der Waals surface area contributed by atoms with Crippen molar-refractivity contribution < 1.29 is 9.53 Å². The van der Waals surface area contributed by atoms with Crippen LogP contribution in [0.2, 0.25) is 0 Å². The van der Waals surface area contributed by atoms with Crippen LogP contribution in [0.15, 0.2) is 25.2 Å². The molecule has 26 heavy (non-hydrogen) atoms. The van der Waals surface area contributed by atoms with Gasteiger partial charge in [0.1, 0.15) is 17.8 Å². The molecule has 0 atom stereocenters. The summed E-state index contributed by atoms with van der Waals surface area (Å²) >= 11 is 0. The van der Waals surface area contributed by atoms with E-state index >= 15 is 0 Å². The Balaban J connectivity index is 1.56. The molecule has 2 saturated heterocycles. The van der Waals surface area contributed by atoms with Gasteiger partial charge in [0.2, 0.25) is 5.91 Å². The number of ether oxygens (including phenoxy) is 1. The molecule has 138 valence electrons. The third kappa shape index (κ3) is 3.31. The Morgan fingerprint density at radius 2 is 2.04 bits per heavy atom. The molecule has 2 aliphatic rings. The van der Waals surface area contributed by atoms with Gasteiger partial charge in [0.25, 0.3) is 0 Å². The first kappa shape index (κ1) is 17.0. The monoisotopic (exact) mass is 355 g/mol. The molecule has 4 heterocycles. The standard InChI is InChI=1S/C19H25N5O2/c1-2-16(25)23-14-3-7-24(8-4-14)19-17-15(13-5-9-26-10-6-13)11-20-18(17)21-12-22-19/h2,11-14H,1,3-10H2,(H,23,25)(H,20,21,22). The molecule has 0 saturated carbocycles. The van der Waals surface area contributed by atoms with Gasteiger partial charge in [-0.2, -0.15) is 0 Å². The van der Waals surface area contributed by atoms with Gasteiger partial charge in [-0.1, -0.05) is 6.58 Å². The lowest BCUT2D eigenvalue weighted by Gasteiger charge is -2.33. The minimum atomic E-state index is -0.0969. The summed E-state index contributed by atoms with van der Waals surface area (Å²) in [5.41, 5.74) is 2.21. The highest BCUT2D eigenvalue weighted by Gasteiger charge is 2.26. The zero-order valence-electron chi connectivity index (χ0n) is 14.9. The molecule has 2 fully saturated rings. The van der Waals surface area contributed by atoms with Crippen LogP contribution in [0, 0.1) is 0 Å². The van der Waals surface area contributed by atoms with E-state index in [1.54, 1.807) is 6.33 Å². The molecule has 7 heteroatoms. The van der Waals surface area contributed by atoms with Crippen molar-refractivity contribution in [3.8, 4) is 0 Å². The van der Waals surface area contributed by atoms with Crippen molar-refractivity contribution in [2.75, 3.05) is 31.2 Å². The molecule has 0 spiro atoms. The average Bonchev–Trinajstić information content (AvgIpc) is 3.13. The Hall–Kier alpha value is -2.41. The molecule has 2 aliphatic heterocycles. The molecule has 2 aromatic rings. The Labute approximate surface area is 152 Å². The summed E-state index contributed by atoms with van der Waals surface area (Å²) in [6.07, 6.45) is 8.95. The van der Waals surface area contributed by atoms with Crippen LogP contribution in [-0.2, 0) is 9.53 Å². The summed E-state index contributed by atoms with van der Waals surface area (Å²) in [7, 11) is 0. The summed E-state index contributed by atoms with van der Waals surface area (Å²) < 4.78 is 5.52. The highest BCUT2D eigenvalue weighted by molar-refractivity contribution is 5.91.